The summed E-state index contributed by atoms with van der Waals surface area (Å²) < 4.78 is 5.47. The van der Waals surface area contributed by atoms with Crippen LogP contribution in [0.1, 0.15) is 33.1 Å². The van der Waals surface area contributed by atoms with Gasteiger partial charge in [-0.15, -0.1) is 0 Å². The number of nitrogens with zero attached hydrogens (tertiary/aromatic N) is 1. The van der Waals surface area contributed by atoms with Crippen LogP contribution in [0.4, 0.5) is 0 Å². The molecule has 0 bridgehead atoms. The van der Waals surface area contributed by atoms with Gasteiger partial charge in [0.05, 0.1) is 6.61 Å². The standard InChI is InChI=1S/C12H22N2OS/c1-9-6-10(2)16-12(14-9)13-7-11-4-3-5-15-8-11/h9-11H,3-8H2,1-2H3,(H,13,14). The molecule has 2 rings (SSSR count). The molecule has 2 fully saturated rings. The quantitative estimate of drug-likeness (QED) is 0.806. The summed E-state index contributed by atoms with van der Waals surface area (Å²) in [4.78, 5) is 4.70. The summed E-state index contributed by atoms with van der Waals surface area (Å²) in [6, 6.07) is 0.567. The van der Waals surface area contributed by atoms with E-state index in [0.717, 1.165) is 24.9 Å². The van der Waals surface area contributed by atoms with Crippen LogP contribution in [-0.2, 0) is 4.74 Å². The molecule has 2 aliphatic rings. The van der Waals surface area contributed by atoms with Crippen molar-refractivity contribution < 1.29 is 4.74 Å². The Bertz CT molecular complexity index is 239. The van der Waals surface area contributed by atoms with Gasteiger partial charge < -0.3 is 10.1 Å². The molecule has 3 unspecified atom stereocenters. The number of rotatable bonds is 2. The lowest BCUT2D eigenvalue weighted by atomic mass is 10.0. The summed E-state index contributed by atoms with van der Waals surface area (Å²) in [5.74, 6) is 0.635. The maximum atomic E-state index is 5.47. The first-order valence-corrected chi connectivity index (χ1v) is 7.17. The minimum Gasteiger partial charge on any atom is -0.381 e. The number of amidine groups is 1. The van der Waals surface area contributed by atoms with Crippen molar-refractivity contribution in [3.8, 4) is 0 Å². The summed E-state index contributed by atoms with van der Waals surface area (Å²) in [6.07, 6.45) is 3.70. The van der Waals surface area contributed by atoms with E-state index < -0.39 is 0 Å². The fraction of sp³-hybridized carbons (Fsp3) is 0.917. The summed E-state index contributed by atoms with van der Waals surface area (Å²) in [6.45, 7) is 7.27. The first kappa shape index (κ1) is 12.2. The molecule has 0 aromatic heterocycles. The third-order valence-corrected chi connectivity index (χ3v) is 4.18. The smallest absolute Gasteiger partial charge is 0.157 e. The van der Waals surface area contributed by atoms with Crippen molar-refractivity contribution in [2.24, 2.45) is 10.9 Å². The van der Waals surface area contributed by atoms with Gasteiger partial charge in [-0.1, -0.05) is 18.7 Å². The molecule has 0 aliphatic carbocycles. The van der Waals surface area contributed by atoms with Crippen molar-refractivity contribution in [3.05, 3.63) is 0 Å². The molecule has 2 saturated heterocycles. The highest BCUT2D eigenvalue weighted by Gasteiger charge is 2.20. The van der Waals surface area contributed by atoms with Gasteiger partial charge in [0.1, 0.15) is 0 Å². The summed E-state index contributed by atoms with van der Waals surface area (Å²) >= 11 is 1.88. The molecule has 0 aromatic carbocycles. The summed E-state index contributed by atoms with van der Waals surface area (Å²) in [5, 5.41) is 5.29. The second kappa shape index (κ2) is 5.92. The lowest BCUT2D eigenvalue weighted by molar-refractivity contribution is 0.0582. The first-order valence-electron chi connectivity index (χ1n) is 6.29. The number of hydrogen-bond donors (Lipinski definition) is 1. The predicted octanol–water partition coefficient (Wildman–Crippen LogP) is 2.27. The van der Waals surface area contributed by atoms with Crippen LogP contribution in [0.2, 0.25) is 0 Å². The number of nitrogens with one attached hydrogen (secondary N) is 1. The second-order valence-corrected chi connectivity index (χ2v) is 6.37. The topological polar surface area (TPSA) is 33.6 Å². The van der Waals surface area contributed by atoms with E-state index in [1.165, 1.54) is 19.3 Å². The Balaban J connectivity index is 1.81. The highest BCUT2D eigenvalue weighted by Crippen LogP contribution is 2.23. The molecule has 0 radical (unpaired) electrons. The van der Waals surface area contributed by atoms with E-state index in [4.69, 9.17) is 9.73 Å². The van der Waals surface area contributed by atoms with Crippen LogP contribution in [0.5, 0.6) is 0 Å². The molecule has 1 N–H and O–H groups in total. The summed E-state index contributed by atoms with van der Waals surface area (Å²) in [7, 11) is 0. The molecule has 0 aromatic rings. The van der Waals surface area contributed by atoms with Crippen molar-refractivity contribution in [1.82, 2.24) is 5.32 Å². The van der Waals surface area contributed by atoms with Gasteiger partial charge in [0.15, 0.2) is 5.17 Å². The van der Waals surface area contributed by atoms with E-state index in [0.29, 0.717) is 17.2 Å². The number of ether oxygens (including phenoxy) is 1. The maximum Gasteiger partial charge on any atom is 0.157 e. The zero-order valence-electron chi connectivity index (χ0n) is 10.2. The van der Waals surface area contributed by atoms with Gasteiger partial charge in [-0.25, -0.2) is 0 Å². The minimum atomic E-state index is 0.567. The van der Waals surface area contributed by atoms with Gasteiger partial charge >= 0.3 is 0 Å². The van der Waals surface area contributed by atoms with Gasteiger partial charge in [0.25, 0.3) is 0 Å². The number of thioether (sulfide) groups is 1. The maximum absolute atomic E-state index is 5.47. The lowest BCUT2D eigenvalue weighted by Crippen LogP contribution is -2.38. The third kappa shape index (κ3) is 3.67. The van der Waals surface area contributed by atoms with E-state index >= 15 is 0 Å². The Hall–Kier alpha value is -0.220. The molecule has 0 spiro atoms. The van der Waals surface area contributed by atoms with Crippen LogP contribution in [0.15, 0.2) is 4.99 Å². The van der Waals surface area contributed by atoms with Crippen molar-refractivity contribution in [1.29, 1.82) is 0 Å². The first-order chi connectivity index (χ1) is 7.74. The molecule has 3 atom stereocenters. The normalized spacial score (nSPS) is 38.4. The van der Waals surface area contributed by atoms with Gasteiger partial charge in [-0.3, -0.25) is 4.99 Å². The van der Waals surface area contributed by atoms with Crippen LogP contribution < -0.4 is 5.32 Å². The average Bonchev–Trinajstić information content (AvgIpc) is 2.27. The molecule has 0 saturated carbocycles. The zero-order chi connectivity index (χ0) is 11.4. The molecular weight excluding hydrogens is 220 g/mol. The molecule has 0 amide bonds. The highest BCUT2D eigenvalue weighted by atomic mass is 32.2. The van der Waals surface area contributed by atoms with Gasteiger partial charge in [-0.2, -0.15) is 0 Å². The molecule has 92 valence electrons. The number of aliphatic imine (C=N–C) groups is 1. The van der Waals surface area contributed by atoms with Crippen molar-refractivity contribution >= 4 is 16.9 Å². The predicted molar refractivity (Wildman–Crippen MR) is 70.1 cm³/mol. The Morgan fingerprint density at radius 2 is 2.38 bits per heavy atom. The minimum absolute atomic E-state index is 0.567. The van der Waals surface area contributed by atoms with Crippen LogP contribution in [0, 0.1) is 5.92 Å². The zero-order valence-corrected chi connectivity index (χ0v) is 11.1. The highest BCUT2D eigenvalue weighted by molar-refractivity contribution is 8.14. The Kier molecular flexibility index (Phi) is 4.53. The van der Waals surface area contributed by atoms with E-state index in [2.05, 4.69) is 19.2 Å². The molecule has 2 heterocycles. The molecule has 4 heteroatoms. The van der Waals surface area contributed by atoms with Crippen LogP contribution in [0.25, 0.3) is 0 Å². The fourth-order valence-corrected chi connectivity index (χ4v) is 3.47. The van der Waals surface area contributed by atoms with Crippen LogP contribution in [-0.4, -0.2) is 36.2 Å². The van der Waals surface area contributed by atoms with E-state index in [9.17, 15) is 0 Å². The van der Waals surface area contributed by atoms with E-state index in [1.54, 1.807) is 0 Å². The largest absolute Gasteiger partial charge is 0.381 e. The molecule has 2 aliphatic heterocycles. The summed E-state index contributed by atoms with van der Waals surface area (Å²) in [5.41, 5.74) is 0. The van der Waals surface area contributed by atoms with Gasteiger partial charge in [0.2, 0.25) is 0 Å². The fourth-order valence-electron chi connectivity index (χ4n) is 2.29. The Morgan fingerprint density at radius 1 is 1.50 bits per heavy atom. The van der Waals surface area contributed by atoms with Crippen molar-refractivity contribution in [2.75, 3.05) is 19.8 Å². The Morgan fingerprint density at radius 3 is 3.06 bits per heavy atom. The van der Waals surface area contributed by atoms with Crippen LogP contribution >= 0.6 is 11.8 Å². The lowest BCUT2D eigenvalue weighted by Gasteiger charge is -2.27. The van der Waals surface area contributed by atoms with E-state index in [-0.39, 0.29) is 0 Å². The van der Waals surface area contributed by atoms with E-state index in [1.807, 2.05) is 11.8 Å². The van der Waals surface area contributed by atoms with Crippen molar-refractivity contribution in [3.63, 3.8) is 0 Å². The molecular formula is C12H22N2OS. The second-order valence-electron chi connectivity index (χ2n) is 4.94. The van der Waals surface area contributed by atoms with Crippen LogP contribution in [0.3, 0.4) is 0 Å². The monoisotopic (exact) mass is 242 g/mol. The molecule has 16 heavy (non-hydrogen) atoms. The number of hydrogen-bond acceptors (Lipinski definition) is 3. The Labute approximate surface area is 102 Å². The van der Waals surface area contributed by atoms with Gasteiger partial charge in [-0.05, 0) is 26.2 Å². The third-order valence-electron chi connectivity index (χ3n) is 3.12. The SMILES string of the molecule is CC1CC(C)SC(=NCC2CCCOC2)N1. The van der Waals surface area contributed by atoms with Gasteiger partial charge in [0, 0.05) is 30.4 Å². The molecule has 3 nitrogen and oxygen atoms in total. The average molecular weight is 242 g/mol. The van der Waals surface area contributed by atoms with Crippen molar-refractivity contribution in [2.45, 2.75) is 44.4 Å².